The Kier molecular flexibility index (Phi) is 3.85. The average molecular weight is 252 g/mol. The Labute approximate surface area is 109 Å². The Morgan fingerprint density at radius 2 is 1.72 bits per heavy atom. The molecule has 0 bridgehead atoms. The Balaban J connectivity index is 1.44. The zero-order valence-corrected chi connectivity index (χ0v) is 11.1. The highest BCUT2D eigenvalue weighted by Gasteiger charge is 2.32. The Bertz CT molecular complexity index is 290. The molecule has 0 aromatic carbocycles. The number of carbonyl (C=O) groups is 1. The molecule has 3 aliphatic rings. The molecule has 4 nitrogen and oxygen atoms in total. The summed E-state index contributed by atoms with van der Waals surface area (Å²) in [6.45, 7) is 6.15. The van der Waals surface area contributed by atoms with Crippen LogP contribution in [0, 0.1) is 5.92 Å². The Morgan fingerprint density at radius 3 is 2.33 bits per heavy atom. The van der Waals surface area contributed by atoms with Gasteiger partial charge in [0.15, 0.2) is 0 Å². The minimum atomic E-state index is 0.291. The Hall–Kier alpha value is -0.610. The van der Waals surface area contributed by atoms with Crippen LogP contribution in [0.15, 0.2) is 0 Å². The molecule has 3 fully saturated rings. The van der Waals surface area contributed by atoms with E-state index >= 15 is 0 Å². The van der Waals surface area contributed by atoms with Crippen molar-refractivity contribution in [2.75, 3.05) is 39.3 Å². The lowest BCUT2D eigenvalue weighted by atomic mass is 9.94. The highest BCUT2D eigenvalue weighted by Crippen LogP contribution is 2.23. The van der Waals surface area contributed by atoms with Crippen molar-refractivity contribution in [3.8, 4) is 0 Å². The van der Waals surface area contributed by atoms with Crippen LogP contribution in [0.25, 0.3) is 0 Å². The van der Waals surface area contributed by atoms with Crippen LogP contribution in [-0.4, -0.2) is 61.1 Å². The molecule has 0 radical (unpaired) electrons. The van der Waals surface area contributed by atoms with Gasteiger partial charge < -0.3 is 14.5 Å². The largest absolute Gasteiger partial charge is 0.372 e. The molecule has 3 aliphatic heterocycles. The lowest BCUT2D eigenvalue weighted by molar-refractivity contribution is -0.138. The van der Waals surface area contributed by atoms with Gasteiger partial charge in [-0.05, 0) is 45.2 Å². The molecule has 1 amide bonds. The topological polar surface area (TPSA) is 36.1 Å². The van der Waals surface area contributed by atoms with E-state index in [2.05, 4.69) is 9.80 Å². The zero-order chi connectivity index (χ0) is 12.4. The third kappa shape index (κ3) is 3.04. The van der Waals surface area contributed by atoms with Gasteiger partial charge in [-0.2, -0.15) is 0 Å². The summed E-state index contributed by atoms with van der Waals surface area (Å²) in [4.78, 5) is 16.9. The monoisotopic (exact) mass is 252 g/mol. The van der Waals surface area contributed by atoms with Crippen molar-refractivity contribution >= 4 is 5.91 Å². The van der Waals surface area contributed by atoms with Crippen LogP contribution in [0.1, 0.15) is 32.1 Å². The molecule has 3 rings (SSSR count). The third-order valence-electron chi connectivity index (χ3n) is 4.47. The van der Waals surface area contributed by atoms with Gasteiger partial charge in [0.05, 0.1) is 12.7 Å². The van der Waals surface area contributed by atoms with E-state index in [9.17, 15) is 4.79 Å². The predicted octanol–water partition coefficient (Wildman–Crippen LogP) is 1.11. The maximum atomic E-state index is 12.4. The van der Waals surface area contributed by atoms with E-state index in [1.165, 1.54) is 19.3 Å². The number of hydrogen-bond donors (Lipinski definition) is 0. The first-order valence-corrected chi connectivity index (χ1v) is 7.45. The fourth-order valence-corrected chi connectivity index (χ4v) is 3.20. The van der Waals surface area contributed by atoms with Crippen LogP contribution in [0.2, 0.25) is 0 Å². The van der Waals surface area contributed by atoms with Gasteiger partial charge in [0.25, 0.3) is 0 Å². The molecule has 0 aromatic heterocycles. The van der Waals surface area contributed by atoms with Crippen LogP contribution in [0.3, 0.4) is 0 Å². The van der Waals surface area contributed by atoms with Gasteiger partial charge >= 0.3 is 0 Å². The molecular formula is C14H24N2O2. The minimum absolute atomic E-state index is 0.291. The minimum Gasteiger partial charge on any atom is -0.372 e. The van der Waals surface area contributed by atoms with Gasteiger partial charge in [-0.3, -0.25) is 4.79 Å². The van der Waals surface area contributed by atoms with Crippen molar-refractivity contribution in [3.05, 3.63) is 0 Å². The van der Waals surface area contributed by atoms with E-state index in [4.69, 9.17) is 4.74 Å². The number of nitrogens with zero attached hydrogens (tertiary/aromatic N) is 2. The second-order valence-electron chi connectivity index (χ2n) is 5.92. The second-order valence-corrected chi connectivity index (χ2v) is 5.92. The van der Waals surface area contributed by atoms with E-state index < -0.39 is 0 Å². The second kappa shape index (κ2) is 5.57. The quantitative estimate of drug-likeness (QED) is 0.706. The molecule has 0 aromatic rings. The van der Waals surface area contributed by atoms with E-state index in [1.807, 2.05) is 0 Å². The summed E-state index contributed by atoms with van der Waals surface area (Å²) >= 11 is 0. The van der Waals surface area contributed by atoms with Crippen LogP contribution >= 0.6 is 0 Å². The smallest absolute Gasteiger partial charge is 0.225 e. The summed E-state index contributed by atoms with van der Waals surface area (Å²) in [7, 11) is 0. The predicted molar refractivity (Wildman–Crippen MR) is 69.3 cm³/mol. The van der Waals surface area contributed by atoms with E-state index in [1.54, 1.807) is 0 Å². The van der Waals surface area contributed by atoms with Gasteiger partial charge in [-0.25, -0.2) is 0 Å². The molecule has 0 N–H and O–H groups in total. The molecule has 0 saturated carbocycles. The Morgan fingerprint density at radius 1 is 1.06 bits per heavy atom. The zero-order valence-electron chi connectivity index (χ0n) is 11.1. The first-order chi connectivity index (χ1) is 8.83. The van der Waals surface area contributed by atoms with Crippen LogP contribution in [0.4, 0.5) is 0 Å². The normalized spacial score (nSPS) is 30.4. The summed E-state index contributed by atoms with van der Waals surface area (Å²) in [6, 6.07) is 0. The molecule has 0 spiro atoms. The van der Waals surface area contributed by atoms with Crippen molar-refractivity contribution in [3.63, 3.8) is 0 Å². The first-order valence-electron chi connectivity index (χ1n) is 7.45. The SMILES string of the molecule is O=C(C1CCN(C[C@H]2CO2)CC1)N1CCCCC1. The van der Waals surface area contributed by atoms with Crippen molar-refractivity contribution in [1.29, 1.82) is 0 Å². The summed E-state index contributed by atoms with van der Waals surface area (Å²) in [5.74, 6) is 0.719. The highest BCUT2D eigenvalue weighted by atomic mass is 16.6. The number of carbonyl (C=O) groups excluding carboxylic acids is 1. The molecule has 0 unspecified atom stereocenters. The number of ether oxygens (including phenoxy) is 1. The van der Waals surface area contributed by atoms with Crippen molar-refractivity contribution in [2.45, 2.75) is 38.2 Å². The number of epoxide rings is 1. The lowest BCUT2D eigenvalue weighted by Crippen LogP contribution is -2.45. The molecule has 18 heavy (non-hydrogen) atoms. The summed E-state index contributed by atoms with van der Waals surface area (Å²) < 4.78 is 5.26. The third-order valence-corrected chi connectivity index (χ3v) is 4.47. The number of hydrogen-bond acceptors (Lipinski definition) is 3. The van der Waals surface area contributed by atoms with Crippen molar-refractivity contribution in [2.24, 2.45) is 5.92 Å². The van der Waals surface area contributed by atoms with Gasteiger partial charge in [0, 0.05) is 25.6 Å². The van der Waals surface area contributed by atoms with E-state index in [0.29, 0.717) is 17.9 Å². The summed E-state index contributed by atoms with van der Waals surface area (Å²) in [6.07, 6.45) is 6.26. The first kappa shape index (κ1) is 12.4. The van der Waals surface area contributed by atoms with Gasteiger partial charge in [-0.15, -0.1) is 0 Å². The van der Waals surface area contributed by atoms with Crippen LogP contribution in [0.5, 0.6) is 0 Å². The standard InChI is InChI=1S/C14H24N2O2/c17-14(16-6-2-1-3-7-16)12-4-8-15(9-5-12)10-13-11-18-13/h12-13H,1-11H2/t13-/m0/s1. The molecular weight excluding hydrogens is 228 g/mol. The summed E-state index contributed by atoms with van der Waals surface area (Å²) in [5.41, 5.74) is 0. The van der Waals surface area contributed by atoms with Crippen LogP contribution < -0.4 is 0 Å². The van der Waals surface area contributed by atoms with Gasteiger partial charge in [-0.1, -0.05) is 0 Å². The number of amides is 1. The average Bonchev–Trinajstić information content (AvgIpc) is 3.24. The maximum absolute atomic E-state index is 12.4. The number of likely N-dealkylation sites (tertiary alicyclic amines) is 2. The molecule has 0 aliphatic carbocycles. The van der Waals surface area contributed by atoms with E-state index in [0.717, 1.165) is 52.2 Å². The molecule has 3 heterocycles. The van der Waals surface area contributed by atoms with Crippen LogP contribution in [-0.2, 0) is 9.53 Å². The highest BCUT2D eigenvalue weighted by molar-refractivity contribution is 5.79. The molecule has 102 valence electrons. The number of rotatable bonds is 3. The van der Waals surface area contributed by atoms with Crippen molar-refractivity contribution in [1.82, 2.24) is 9.80 Å². The maximum Gasteiger partial charge on any atom is 0.225 e. The van der Waals surface area contributed by atoms with E-state index in [-0.39, 0.29) is 0 Å². The molecule has 3 saturated heterocycles. The summed E-state index contributed by atoms with van der Waals surface area (Å²) in [5, 5.41) is 0. The fraction of sp³-hybridized carbons (Fsp3) is 0.929. The van der Waals surface area contributed by atoms with Gasteiger partial charge in [0.1, 0.15) is 0 Å². The van der Waals surface area contributed by atoms with Crippen molar-refractivity contribution < 1.29 is 9.53 Å². The molecule has 4 heteroatoms. The fourth-order valence-electron chi connectivity index (χ4n) is 3.20. The van der Waals surface area contributed by atoms with Gasteiger partial charge in [0.2, 0.25) is 5.91 Å². The lowest BCUT2D eigenvalue weighted by Gasteiger charge is -2.35. The number of piperidine rings is 2. The molecule has 1 atom stereocenters.